The summed E-state index contributed by atoms with van der Waals surface area (Å²) in [6.45, 7) is 5.46. The Balaban J connectivity index is 2.03. The van der Waals surface area contributed by atoms with Crippen LogP contribution in [0, 0.1) is 17.8 Å². The highest BCUT2D eigenvalue weighted by Crippen LogP contribution is 2.50. The minimum atomic E-state index is -0.996. The van der Waals surface area contributed by atoms with E-state index in [9.17, 15) is 14.7 Å². The van der Waals surface area contributed by atoms with Crippen LogP contribution in [0.2, 0.25) is 0 Å². The molecule has 1 saturated heterocycles. The second-order valence-electron chi connectivity index (χ2n) is 7.57. The monoisotopic (exact) mass is 306 g/mol. The minimum absolute atomic E-state index is 0.122. The zero-order valence-electron chi connectivity index (χ0n) is 13.7. The van der Waals surface area contributed by atoms with Crippen LogP contribution in [0.1, 0.15) is 52.9 Å². The van der Waals surface area contributed by atoms with Crippen molar-refractivity contribution in [3.63, 3.8) is 0 Å². The number of ether oxygens (including phenoxy) is 1. The summed E-state index contributed by atoms with van der Waals surface area (Å²) in [6, 6.07) is 0. The molecule has 2 heterocycles. The molecule has 3 aliphatic rings. The van der Waals surface area contributed by atoms with Gasteiger partial charge in [0.1, 0.15) is 11.6 Å². The van der Waals surface area contributed by atoms with Crippen molar-refractivity contribution < 1.29 is 19.4 Å². The van der Waals surface area contributed by atoms with Crippen LogP contribution in [0.5, 0.6) is 0 Å². The maximum atomic E-state index is 12.5. The van der Waals surface area contributed by atoms with Gasteiger partial charge >= 0.3 is 0 Å². The normalized spacial score (nSPS) is 47.7. The molecule has 0 aromatic rings. The van der Waals surface area contributed by atoms with Crippen molar-refractivity contribution in [2.45, 2.75) is 70.7 Å². The second-order valence-corrected chi connectivity index (χ2v) is 7.57. The molecule has 2 aliphatic heterocycles. The summed E-state index contributed by atoms with van der Waals surface area (Å²) in [5, 5.41) is 10.9. The van der Waals surface area contributed by atoms with Crippen molar-refractivity contribution in [1.29, 1.82) is 0 Å². The molecule has 6 atom stereocenters. The molecule has 1 saturated carbocycles. The highest BCUT2D eigenvalue weighted by molar-refractivity contribution is 5.87. The summed E-state index contributed by atoms with van der Waals surface area (Å²) in [6.07, 6.45) is 4.74. The molecule has 3 rings (SSSR count). The lowest BCUT2D eigenvalue weighted by molar-refractivity contribution is -0.136. The molecule has 1 N–H and O–H groups in total. The highest BCUT2D eigenvalue weighted by atomic mass is 16.5. The van der Waals surface area contributed by atoms with Crippen molar-refractivity contribution in [3.05, 3.63) is 11.6 Å². The third-order valence-corrected chi connectivity index (χ3v) is 5.83. The number of ketones is 2. The van der Waals surface area contributed by atoms with Crippen LogP contribution in [-0.2, 0) is 14.3 Å². The van der Waals surface area contributed by atoms with Gasteiger partial charge in [-0.1, -0.05) is 11.6 Å². The molecule has 4 nitrogen and oxygen atoms in total. The van der Waals surface area contributed by atoms with E-state index in [1.54, 1.807) is 13.8 Å². The molecule has 0 radical (unpaired) electrons. The quantitative estimate of drug-likeness (QED) is 0.756. The summed E-state index contributed by atoms with van der Waals surface area (Å²) in [5.41, 5.74) is 0.212. The van der Waals surface area contributed by atoms with Gasteiger partial charge < -0.3 is 9.84 Å². The smallest absolute Gasteiger partial charge is 0.139 e. The van der Waals surface area contributed by atoms with Crippen LogP contribution in [0.15, 0.2) is 11.6 Å². The first-order valence-corrected chi connectivity index (χ1v) is 8.38. The van der Waals surface area contributed by atoms with Crippen LogP contribution in [0.4, 0.5) is 0 Å². The summed E-state index contributed by atoms with van der Waals surface area (Å²) in [7, 11) is 0. The predicted molar refractivity (Wildman–Crippen MR) is 82.3 cm³/mol. The first kappa shape index (κ1) is 15.9. The standard InChI is InChI=1S/C18H26O4/c1-10-5-4-8-18(3,21)17-15-12(11(2)19)6-7-13(20)16(15)14(9-10)22-17/h5,12,14-17,21H,4,6-9H2,1-3H3/b10-5-/t12-,14-,15-,16-,17-,18+/m1/s1. The van der Waals surface area contributed by atoms with E-state index in [4.69, 9.17) is 4.74 Å². The lowest BCUT2D eigenvalue weighted by Gasteiger charge is -2.39. The Morgan fingerprint density at radius 3 is 2.86 bits per heavy atom. The zero-order valence-corrected chi connectivity index (χ0v) is 13.7. The first-order chi connectivity index (χ1) is 10.3. The van der Waals surface area contributed by atoms with Gasteiger partial charge in [-0.3, -0.25) is 9.59 Å². The van der Waals surface area contributed by atoms with E-state index < -0.39 is 11.7 Å². The summed E-state index contributed by atoms with van der Waals surface area (Å²) < 4.78 is 6.20. The molecule has 0 spiro atoms. The number of carbonyl (C=O) groups is 2. The first-order valence-electron chi connectivity index (χ1n) is 8.38. The molecule has 2 bridgehead atoms. The summed E-state index contributed by atoms with van der Waals surface area (Å²) in [5.74, 6) is -0.228. The van der Waals surface area contributed by atoms with Crippen molar-refractivity contribution >= 4 is 11.6 Å². The van der Waals surface area contributed by atoms with Gasteiger partial charge in [0.2, 0.25) is 0 Å². The van der Waals surface area contributed by atoms with Crippen LogP contribution < -0.4 is 0 Å². The fraction of sp³-hybridized carbons (Fsp3) is 0.778. The maximum Gasteiger partial charge on any atom is 0.139 e. The van der Waals surface area contributed by atoms with E-state index >= 15 is 0 Å². The summed E-state index contributed by atoms with van der Waals surface area (Å²) in [4.78, 5) is 24.6. The number of hydrogen-bond donors (Lipinski definition) is 1. The molecule has 0 amide bonds. The maximum absolute atomic E-state index is 12.5. The molecular formula is C18H26O4. The van der Waals surface area contributed by atoms with Crippen molar-refractivity contribution in [2.75, 3.05) is 0 Å². The van der Waals surface area contributed by atoms with Gasteiger partial charge in [-0.05, 0) is 46.5 Å². The van der Waals surface area contributed by atoms with Crippen molar-refractivity contribution in [2.24, 2.45) is 17.8 Å². The van der Waals surface area contributed by atoms with Crippen LogP contribution in [0.25, 0.3) is 0 Å². The lowest BCUT2D eigenvalue weighted by atomic mass is 9.64. The number of allylic oxidation sites excluding steroid dienone is 1. The van der Waals surface area contributed by atoms with Crippen LogP contribution in [0.3, 0.4) is 0 Å². The highest BCUT2D eigenvalue weighted by Gasteiger charge is 2.58. The molecule has 1 aliphatic carbocycles. The molecule has 0 aromatic carbocycles. The summed E-state index contributed by atoms with van der Waals surface area (Å²) >= 11 is 0. The molecule has 4 heteroatoms. The van der Waals surface area contributed by atoms with Gasteiger partial charge in [0.15, 0.2) is 0 Å². The van der Waals surface area contributed by atoms with E-state index in [2.05, 4.69) is 13.0 Å². The average Bonchev–Trinajstić information content (AvgIpc) is 2.80. The largest absolute Gasteiger partial charge is 0.387 e. The van der Waals surface area contributed by atoms with E-state index in [0.717, 1.165) is 12.8 Å². The topological polar surface area (TPSA) is 63.6 Å². The molecule has 122 valence electrons. The van der Waals surface area contributed by atoms with Crippen molar-refractivity contribution in [3.8, 4) is 0 Å². The van der Waals surface area contributed by atoms with E-state index in [0.29, 0.717) is 19.3 Å². The third-order valence-electron chi connectivity index (χ3n) is 5.83. The fourth-order valence-electron chi connectivity index (χ4n) is 4.70. The average molecular weight is 306 g/mol. The third kappa shape index (κ3) is 2.56. The number of hydrogen-bond acceptors (Lipinski definition) is 4. The molecule has 2 fully saturated rings. The lowest BCUT2D eigenvalue weighted by Crippen LogP contribution is -2.49. The van der Waals surface area contributed by atoms with Crippen LogP contribution in [-0.4, -0.2) is 34.5 Å². The van der Waals surface area contributed by atoms with Gasteiger partial charge in [-0.2, -0.15) is 0 Å². The molecule has 0 aromatic heterocycles. The Labute approximate surface area is 131 Å². The molecule has 22 heavy (non-hydrogen) atoms. The molecule has 0 unspecified atom stereocenters. The van der Waals surface area contributed by atoms with Gasteiger partial charge in [-0.25, -0.2) is 0 Å². The minimum Gasteiger partial charge on any atom is -0.387 e. The zero-order chi connectivity index (χ0) is 16.1. The SMILES string of the molecule is CC(=O)[C@H]1CCC(=O)[C@H]2[C@@H]1[C@H]1O[C@@H]2C/C(C)=C\CC[C@]1(C)O. The number of carbonyl (C=O) groups excluding carboxylic acids is 2. The van der Waals surface area contributed by atoms with Gasteiger partial charge in [0, 0.05) is 18.3 Å². The van der Waals surface area contributed by atoms with Crippen LogP contribution >= 0.6 is 0 Å². The van der Waals surface area contributed by atoms with Gasteiger partial charge in [-0.15, -0.1) is 0 Å². The molecular weight excluding hydrogens is 280 g/mol. The van der Waals surface area contributed by atoms with Gasteiger partial charge in [0.05, 0.1) is 23.7 Å². The predicted octanol–water partition coefficient (Wildman–Crippen LogP) is 2.44. The Morgan fingerprint density at radius 2 is 2.18 bits per heavy atom. The number of fused-ring (bicyclic) bond motifs is 5. The Hall–Kier alpha value is -1.00. The van der Waals surface area contributed by atoms with E-state index in [1.807, 2.05) is 0 Å². The Kier molecular flexibility index (Phi) is 4.02. The fourth-order valence-corrected chi connectivity index (χ4v) is 4.70. The van der Waals surface area contributed by atoms with E-state index in [-0.39, 0.29) is 35.4 Å². The van der Waals surface area contributed by atoms with Crippen molar-refractivity contribution in [1.82, 2.24) is 0 Å². The second kappa shape index (κ2) is 5.57. The Morgan fingerprint density at radius 1 is 1.45 bits per heavy atom. The number of rotatable bonds is 1. The Bertz CT molecular complexity index is 519. The van der Waals surface area contributed by atoms with Gasteiger partial charge in [0.25, 0.3) is 0 Å². The number of aliphatic hydroxyl groups is 1. The number of Topliss-reactive ketones (excluding diaryl/α,β-unsaturated/α-hetero) is 2. The van der Waals surface area contributed by atoms with E-state index in [1.165, 1.54) is 5.57 Å².